The minimum atomic E-state index is -3.28. The van der Waals surface area contributed by atoms with Crippen LogP contribution in [0.4, 0.5) is 0 Å². The van der Waals surface area contributed by atoms with E-state index in [1.165, 1.54) is 5.56 Å². The first-order valence-electron chi connectivity index (χ1n) is 9.14. The van der Waals surface area contributed by atoms with Gasteiger partial charge in [0.15, 0.2) is 0 Å². The van der Waals surface area contributed by atoms with E-state index in [2.05, 4.69) is 14.6 Å². The lowest BCUT2D eigenvalue weighted by Crippen LogP contribution is -2.38. The van der Waals surface area contributed by atoms with Crippen molar-refractivity contribution in [3.8, 4) is 0 Å². The predicted octanol–water partition coefficient (Wildman–Crippen LogP) is 2.72. The molecule has 1 fully saturated rings. The summed E-state index contributed by atoms with van der Waals surface area (Å²) in [5.41, 5.74) is 3.24. The summed E-state index contributed by atoms with van der Waals surface area (Å²) in [6, 6.07) is 11.8. The van der Waals surface area contributed by atoms with Crippen molar-refractivity contribution in [2.45, 2.75) is 32.1 Å². The molecule has 1 aliphatic rings. The number of nitrogens with zero attached hydrogens (tertiary/aromatic N) is 2. The molecule has 1 aliphatic heterocycles. The number of aromatic nitrogens is 1. The molecule has 0 aliphatic carbocycles. The monoisotopic (exact) mass is 373 g/mol. The maximum Gasteiger partial charge on any atom is 0.215 e. The van der Waals surface area contributed by atoms with Gasteiger partial charge in [-0.1, -0.05) is 29.8 Å². The fraction of sp³-hybridized carbons (Fsp3) is 0.450. The van der Waals surface area contributed by atoms with Crippen LogP contribution in [0, 0.1) is 12.8 Å². The summed E-state index contributed by atoms with van der Waals surface area (Å²) in [7, 11) is -3.28. The Hall–Kier alpha value is -1.76. The lowest BCUT2D eigenvalue weighted by Gasteiger charge is -2.32. The molecule has 1 aromatic heterocycles. The van der Waals surface area contributed by atoms with Crippen LogP contribution in [0.1, 0.15) is 29.5 Å². The highest BCUT2D eigenvalue weighted by Gasteiger charge is 2.21. The van der Waals surface area contributed by atoms with E-state index >= 15 is 0 Å². The van der Waals surface area contributed by atoms with E-state index in [1.54, 1.807) is 0 Å². The molecule has 140 valence electrons. The van der Waals surface area contributed by atoms with Gasteiger partial charge in [-0.05, 0) is 62.0 Å². The van der Waals surface area contributed by atoms with Gasteiger partial charge in [0.2, 0.25) is 10.0 Å². The largest absolute Gasteiger partial charge is 0.299 e. The summed E-state index contributed by atoms with van der Waals surface area (Å²) in [4.78, 5) is 6.47. The molecule has 0 spiro atoms. The number of piperidine rings is 1. The second-order valence-corrected chi connectivity index (χ2v) is 8.97. The molecule has 0 amide bonds. The third kappa shape index (κ3) is 5.90. The molecule has 2 heterocycles. The number of hydrogen-bond donors (Lipinski definition) is 1. The number of nitrogens with one attached hydrogen (secondary N) is 1. The molecule has 0 saturated carbocycles. The van der Waals surface area contributed by atoms with E-state index in [0.717, 1.165) is 43.6 Å². The van der Waals surface area contributed by atoms with Crippen molar-refractivity contribution >= 4 is 10.0 Å². The van der Waals surface area contributed by atoms with Crippen molar-refractivity contribution in [3.05, 3.63) is 65.5 Å². The molecule has 1 saturated heterocycles. The number of pyridine rings is 1. The van der Waals surface area contributed by atoms with Crippen LogP contribution in [0.3, 0.4) is 0 Å². The Morgan fingerprint density at radius 1 is 1.04 bits per heavy atom. The topological polar surface area (TPSA) is 62.3 Å². The Morgan fingerprint density at radius 3 is 2.35 bits per heavy atom. The summed E-state index contributed by atoms with van der Waals surface area (Å²) < 4.78 is 27.4. The highest BCUT2D eigenvalue weighted by Crippen LogP contribution is 2.19. The van der Waals surface area contributed by atoms with Crippen LogP contribution in [0.25, 0.3) is 0 Å². The van der Waals surface area contributed by atoms with Crippen LogP contribution in [-0.4, -0.2) is 37.9 Å². The second-order valence-electron chi connectivity index (χ2n) is 7.17. The fourth-order valence-electron chi connectivity index (χ4n) is 3.29. The van der Waals surface area contributed by atoms with Crippen molar-refractivity contribution in [3.63, 3.8) is 0 Å². The SMILES string of the molecule is Cc1ccc(CS(=O)(=O)NCC2CCN(Cc3ccncc3)CC2)cc1. The number of sulfonamides is 1. The predicted molar refractivity (Wildman–Crippen MR) is 104 cm³/mol. The van der Waals surface area contributed by atoms with Gasteiger partial charge >= 0.3 is 0 Å². The molecule has 6 heteroatoms. The van der Waals surface area contributed by atoms with Crippen LogP contribution in [0.15, 0.2) is 48.8 Å². The third-order valence-corrected chi connectivity index (χ3v) is 6.25. The van der Waals surface area contributed by atoms with Crippen LogP contribution >= 0.6 is 0 Å². The maximum atomic E-state index is 12.3. The Kier molecular flexibility index (Phi) is 6.40. The molecular weight excluding hydrogens is 346 g/mol. The number of benzene rings is 1. The molecule has 0 atom stereocenters. The Bertz CT molecular complexity index is 784. The molecular formula is C20H27N3O2S. The average molecular weight is 374 g/mol. The molecule has 5 nitrogen and oxygen atoms in total. The van der Waals surface area contributed by atoms with Gasteiger partial charge in [-0.25, -0.2) is 13.1 Å². The lowest BCUT2D eigenvalue weighted by molar-refractivity contribution is 0.178. The zero-order valence-corrected chi connectivity index (χ0v) is 16.1. The van der Waals surface area contributed by atoms with Crippen LogP contribution in [0.5, 0.6) is 0 Å². The van der Waals surface area contributed by atoms with Gasteiger partial charge in [0.1, 0.15) is 0 Å². The Labute approximate surface area is 156 Å². The van der Waals surface area contributed by atoms with Gasteiger partial charge in [-0.3, -0.25) is 9.88 Å². The van der Waals surface area contributed by atoms with Gasteiger partial charge in [0, 0.05) is 25.5 Å². The van der Waals surface area contributed by atoms with Gasteiger partial charge < -0.3 is 0 Å². The zero-order chi connectivity index (χ0) is 18.4. The molecule has 3 rings (SSSR count). The Balaban J connectivity index is 1.42. The van der Waals surface area contributed by atoms with Crippen LogP contribution in [0.2, 0.25) is 0 Å². The first-order valence-corrected chi connectivity index (χ1v) is 10.8. The number of aryl methyl sites for hydroxylation is 1. The van der Waals surface area contributed by atoms with Gasteiger partial charge in [0.25, 0.3) is 0 Å². The highest BCUT2D eigenvalue weighted by molar-refractivity contribution is 7.88. The Morgan fingerprint density at radius 2 is 1.69 bits per heavy atom. The van der Waals surface area contributed by atoms with Crippen LogP contribution < -0.4 is 4.72 Å². The molecule has 0 unspecified atom stereocenters. The minimum Gasteiger partial charge on any atom is -0.299 e. The average Bonchev–Trinajstić information content (AvgIpc) is 2.64. The van der Waals surface area contributed by atoms with Crippen molar-refractivity contribution in [1.29, 1.82) is 0 Å². The molecule has 1 aromatic carbocycles. The van der Waals surface area contributed by atoms with E-state index in [-0.39, 0.29) is 5.75 Å². The zero-order valence-electron chi connectivity index (χ0n) is 15.3. The molecule has 1 N–H and O–H groups in total. The summed E-state index contributed by atoms with van der Waals surface area (Å²) in [6.45, 7) is 5.49. The van der Waals surface area contributed by atoms with Gasteiger partial charge in [-0.15, -0.1) is 0 Å². The molecule has 2 aromatic rings. The van der Waals surface area contributed by atoms with Gasteiger partial charge in [-0.2, -0.15) is 0 Å². The fourth-order valence-corrected chi connectivity index (χ4v) is 4.52. The lowest BCUT2D eigenvalue weighted by atomic mass is 9.97. The highest BCUT2D eigenvalue weighted by atomic mass is 32.2. The summed E-state index contributed by atoms with van der Waals surface area (Å²) in [5.74, 6) is 0.463. The third-order valence-electron chi connectivity index (χ3n) is 4.93. The van der Waals surface area contributed by atoms with E-state index < -0.39 is 10.0 Å². The number of hydrogen-bond acceptors (Lipinski definition) is 4. The van der Waals surface area contributed by atoms with Crippen molar-refractivity contribution in [2.24, 2.45) is 5.92 Å². The van der Waals surface area contributed by atoms with E-state index in [0.29, 0.717) is 12.5 Å². The van der Waals surface area contributed by atoms with Crippen molar-refractivity contribution in [1.82, 2.24) is 14.6 Å². The first-order chi connectivity index (χ1) is 12.5. The number of rotatable bonds is 7. The van der Waals surface area contributed by atoms with E-state index in [9.17, 15) is 8.42 Å². The summed E-state index contributed by atoms with van der Waals surface area (Å²) >= 11 is 0. The quantitative estimate of drug-likeness (QED) is 0.811. The van der Waals surface area contributed by atoms with E-state index in [4.69, 9.17) is 0 Å². The maximum absolute atomic E-state index is 12.3. The van der Waals surface area contributed by atoms with Crippen LogP contribution in [-0.2, 0) is 22.3 Å². The smallest absolute Gasteiger partial charge is 0.215 e. The second kappa shape index (κ2) is 8.75. The molecule has 0 radical (unpaired) electrons. The summed E-state index contributed by atoms with van der Waals surface area (Å²) in [5, 5.41) is 0. The summed E-state index contributed by atoms with van der Waals surface area (Å²) in [6.07, 6.45) is 5.70. The normalized spacial score (nSPS) is 16.7. The molecule has 0 bridgehead atoms. The van der Waals surface area contributed by atoms with E-state index in [1.807, 2.05) is 55.7 Å². The number of likely N-dealkylation sites (tertiary alicyclic amines) is 1. The molecule has 26 heavy (non-hydrogen) atoms. The van der Waals surface area contributed by atoms with Crippen molar-refractivity contribution in [2.75, 3.05) is 19.6 Å². The van der Waals surface area contributed by atoms with Crippen molar-refractivity contribution < 1.29 is 8.42 Å². The van der Waals surface area contributed by atoms with Gasteiger partial charge in [0.05, 0.1) is 5.75 Å². The standard InChI is InChI=1S/C20H27N3O2S/c1-17-2-4-20(5-3-17)16-26(24,25)22-14-18-8-12-23(13-9-18)15-19-6-10-21-11-7-19/h2-7,10-11,18,22H,8-9,12-16H2,1H3. The first kappa shape index (κ1) is 19.0. The minimum absolute atomic E-state index is 0.0498.